The first-order chi connectivity index (χ1) is 12.3. The molecular weight excluding hydrogens is 354 g/mol. The van der Waals surface area contributed by atoms with E-state index in [9.17, 15) is 18.0 Å². The molecule has 0 atom stereocenters. The molecule has 0 aromatic heterocycles. The smallest absolute Gasteiger partial charge is 0.262 e. The predicted octanol–water partition coefficient (Wildman–Crippen LogP) is 2.64. The number of hydrogen-bond donors (Lipinski definition) is 3. The lowest BCUT2D eigenvalue weighted by molar-refractivity contribution is -0.116. The Bertz CT molecular complexity index is 999. The number of hydrogen-bond acceptors (Lipinski definition) is 4. The molecule has 0 radical (unpaired) electrons. The number of carbonyl (C=O) groups is 2. The van der Waals surface area contributed by atoms with Crippen molar-refractivity contribution in [1.82, 2.24) is 0 Å². The van der Waals surface area contributed by atoms with Crippen LogP contribution < -0.4 is 15.4 Å². The van der Waals surface area contributed by atoms with Crippen LogP contribution in [0.2, 0.25) is 0 Å². The van der Waals surface area contributed by atoms with Gasteiger partial charge in [-0.05, 0) is 54.4 Å². The summed E-state index contributed by atoms with van der Waals surface area (Å²) in [7, 11) is -3.79. The van der Waals surface area contributed by atoms with Crippen LogP contribution in [0.25, 0.3) is 0 Å². The monoisotopic (exact) mass is 373 g/mol. The van der Waals surface area contributed by atoms with E-state index in [-0.39, 0.29) is 23.1 Å². The quantitative estimate of drug-likeness (QED) is 0.749. The van der Waals surface area contributed by atoms with Gasteiger partial charge in [0.05, 0.1) is 11.3 Å². The van der Waals surface area contributed by atoms with Crippen LogP contribution in [0.15, 0.2) is 41.3 Å². The predicted molar refractivity (Wildman–Crippen MR) is 99.7 cm³/mol. The first-order valence-electron chi connectivity index (χ1n) is 8.14. The molecule has 1 aliphatic heterocycles. The summed E-state index contributed by atoms with van der Waals surface area (Å²) in [5.41, 5.74) is 2.91. The number of sulfonamides is 1. The second kappa shape index (κ2) is 6.80. The van der Waals surface area contributed by atoms with Crippen LogP contribution in [0.5, 0.6) is 0 Å². The molecule has 0 unspecified atom stereocenters. The lowest BCUT2D eigenvalue weighted by atomic mass is 10.1. The van der Waals surface area contributed by atoms with E-state index in [1.807, 2.05) is 0 Å². The van der Waals surface area contributed by atoms with E-state index < -0.39 is 10.0 Å². The van der Waals surface area contributed by atoms with Crippen molar-refractivity contribution in [3.05, 3.63) is 47.5 Å². The van der Waals surface area contributed by atoms with Crippen LogP contribution in [0, 0.1) is 6.92 Å². The van der Waals surface area contributed by atoms with Gasteiger partial charge >= 0.3 is 0 Å². The summed E-state index contributed by atoms with van der Waals surface area (Å²) in [6, 6.07) is 9.56. The fourth-order valence-corrected chi connectivity index (χ4v) is 4.06. The Morgan fingerprint density at radius 3 is 2.58 bits per heavy atom. The number of fused-ring (bicyclic) bond motifs is 1. The van der Waals surface area contributed by atoms with Crippen LogP contribution in [-0.2, 0) is 26.0 Å². The van der Waals surface area contributed by atoms with Crippen molar-refractivity contribution >= 4 is 38.9 Å². The van der Waals surface area contributed by atoms with Gasteiger partial charge in [-0.2, -0.15) is 0 Å². The van der Waals surface area contributed by atoms with Crippen LogP contribution in [-0.4, -0.2) is 20.2 Å². The highest BCUT2D eigenvalue weighted by atomic mass is 32.2. The zero-order valence-corrected chi connectivity index (χ0v) is 15.2. The maximum absolute atomic E-state index is 12.7. The highest BCUT2D eigenvalue weighted by molar-refractivity contribution is 7.92. The molecule has 26 heavy (non-hydrogen) atoms. The minimum absolute atomic E-state index is 0.111. The molecule has 1 aliphatic rings. The van der Waals surface area contributed by atoms with E-state index in [0.717, 1.165) is 5.56 Å². The van der Waals surface area contributed by atoms with E-state index in [4.69, 9.17) is 0 Å². The Morgan fingerprint density at radius 2 is 1.88 bits per heavy atom. The van der Waals surface area contributed by atoms with Crippen molar-refractivity contribution < 1.29 is 18.0 Å². The number of benzene rings is 2. The Kier molecular flexibility index (Phi) is 4.69. The molecule has 0 saturated carbocycles. The Morgan fingerprint density at radius 1 is 1.15 bits per heavy atom. The van der Waals surface area contributed by atoms with Gasteiger partial charge in [0.1, 0.15) is 0 Å². The first kappa shape index (κ1) is 17.9. The topological polar surface area (TPSA) is 104 Å². The molecule has 1 heterocycles. The fourth-order valence-electron chi connectivity index (χ4n) is 2.78. The zero-order chi connectivity index (χ0) is 18.9. The fraction of sp³-hybridized carbons (Fsp3) is 0.222. The average molecular weight is 373 g/mol. The Labute approximate surface area is 151 Å². The molecule has 2 aromatic carbocycles. The molecule has 0 aliphatic carbocycles. The maximum atomic E-state index is 12.7. The van der Waals surface area contributed by atoms with Gasteiger partial charge in [-0.3, -0.25) is 14.3 Å². The van der Waals surface area contributed by atoms with Crippen LogP contribution >= 0.6 is 0 Å². The lowest BCUT2D eigenvalue weighted by Gasteiger charge is -2.13. The van der Waals surface area contributed by atoms with Crippen molar-refractivity contribution in [3.8, 4) is 0 Å². The van der Waals surface area contributed by atoms with Gasteiger partial charge in [0, 0.05) is 23.5 Å². The van der Waals surface area contributed by atoms with Crippen molar-refractivity contribution in [2.45, 2.75) is 31.6 Å². The molecular formula is C18H19N3O4S. The molecule has 2 amide bonds. The number of amides is 2. The number of aryl methyl sites for hydroxylation is 1. The summed E-state index contributed by atoms with van der Waals surface area (Å²) < 4.78 is 27.9. The molecule has 0 fully saturated rings. The van der Waals surface area contributed by atoms with Gasteiger partial charge in [-0.15, -0.1) is 0 Å². The number of nitrogens with one attached hydrogen (secondary N) is 3. The van der Waals surface area contributed by atoms with E-state index in [1.165, 1.54) is 6.07 Å². The summed E-state index contributed by atoms with van der Waals surface area (Å²) in [4.78, 5) is 23.0. The highest BCUT2D eigenvalue weighted by Gasteiger charge is 2.21. The molecule has 3 rings (SSSR count). The normalized spacial score (nSPS) is 13.1. The van der Waals surface area contributed by atoms with E-state index in [1.54, 1.807) is 44.2 Å². The Balaban J connectivity index is 1.83. The van der Waals surface area contributed by atoms with E-state index in [2.05, 4.69) is 15.4 Å². The lowest BCUT2D eigenvalue weighted by Crippen LogP contribution is -2.15. The standard InChI is InChI=1S/C18H19N3O4S/c1-3-17(22)19-13-5-7-16(11(2)8-13)26(24,25)21-14-4-6-15-12(9-14)10-18(23)20-15/h4-9,21H,3,10H2,1-2H3,(H,19,22)(H,20,23). The largest absolute Gasteiger partial charge is 0.326 e. The first-order valence-corrected chi connectivity index (χ1v) is 9.63. The van der Waals surface area contributed by atoms with Crippen molar-refractivity contribution in [3.63, 3.8) is 0 Å². The molecule has 136 valence electrons. The van der Waals surface area contributed by atoms with Crippen LogP contribution in [0.4, 0.5) is 17.1 Å². The minimum Gasteiger partial charge on any atom is -0.326 e. The average Bonchev–Trinajstić information content (AvgIpc) is 2.93. The van der Waals surface area contributed by atoms with Crippen LogP contribution in [0.3, 0.4) is 0 Å². The van der Waals surface area contributed by atoms with Gasteiger partial charge in [0.15, 0.2) is 0 Å². The van der Waals surface area contributed by atoms with Gasteiger partial charge in [-0.25, -0.2) is 8.42 Å². The van der Waals surface area contributed by atoms with Crippen molar-refractivity contribution in [1.29, 1.82) is 0 Å². The van der Waals surface area contributed by atoms with Gasteiger partial charge in [-0.1, -0.05) is 6.92 Å². The summed E-state index contributed by atoms with van der Waals surface area (Å²) in [6.07, 6.45) is 0.575. The molecule has 7 nitrogen and oxygen atoms in total. The van der Waals surface area contributed by atoms with Gasteiger partial charge < -0.3 is 10.6 Å². The van der Waals surface area contributed by atoms with Crippen LogP contribution in [0.1, 0.15) is 24.5 Å². The summed E-state index contributed by atoms with van der Waals surface area (Å²) in [6.45, 7) is 3.41. The molecule has 0 spiro atoms. The molecule has 0 saturated heterocycles. The SMILES string of the molecule is CCC(=O)Nc1ccc(S(=O)(=O)Nc2ccc3c(c2)CC(=O)N3)c(C)c1. The number of rotatable bonds is 5. The molecule has 0 bridgehead atoms. The third-order valence-electron chi connectivity index (χ3n) is 4.05. The Hall–Kier alpha value is -2.87. The van der Waals surface area contributed by atoms with Crippen molar-refractivity contribution in [2.75, 3.05) is 15.4 Å². The zero-order valence-electron chi connectivity index (χ0n) is 14.4. The summed E-state index contributed by atoms with van der Waals surface area (Å²) in [5, 5.41) is 5.40. The molecule has 3 N–H and O–H groups in total. The van der Waals surface area contributed by atoms with E-state index >= 15 is 0 Å². The summed E-state index contributed by atoms with van der Waals surface area (Å²) >= 11 is 0. The second-order valence-electron chi connectivity index (χ2n) is 6.08. The minimum atomic E-state index is -3.79. The highest BCUT2D eigenvalue weighted by Crippen LogP contribution is 2.28. The number of carbonyl (C=O) groups excluding carboxylic acids is 2. The maximum Gasteiger partial charge on any atom is 0.262 e. The molecule has 2 aromatic rings. The third-order valence-corrected chi connectivity index (χ3v) is 5.59. The third kappa shape index (κ3) is 3.70. The van der Waals surface area contributed by atoms with Gasteiger partial charge in [0.25, 0.3) is 10.0 Å². The van der Waals surface area contributed by atoms with E-state index in [0.29, 0.717) is 29.0 Å². The second-order valence-corrected chi connectivity index (χ2v) is 7.74. The van der Waals surface area contributed by atoms with Crippen molar-refractivity contribution in [2.24, 2.45) is 0 Å². The number of anilines is 3. The summed E-state index contributed by atoms with van der Waals surface area (Å²) in [5.74, 6) is -0.250. The molecule has 8 heteroatoms. The van der Waals surface area contributed by atoms with Gasteiger partial charge in [0.2, 0.25) is 11.8 Å².